The molecule has 25 heavy (non-hydrogen) atoms. The number of amides is 1. The number of hydrogen-bond donors (Lipinski definition) is 1. The monoisotopic (exact) mass is 357 g/mol. The summed E-state index contributed by atoms with van der Waals surface area (Å²) in [6.45, 7) is 5.78. The first-order chi connectivity index (χ1) is 12.0. The van der Waals surface area contributed by atoms with Gasteiger partial charge >= 0.3 is 0 Å². The van der Waals surface area contributed by atoms with Gasteiger partial charge in [0, 0.05) is 7.05 Å². The molecule has 0 spiro atoms. The Morgan fingerprint density at radius 1 is 1.24 bits per heavy atom. The van der Waals surface area contributed by atoms with E-state index in [1.807, 2.05) is 52.1 Å². The van der Waals surface area contributed by atoms with Crippen molar-refractivity contribution in [2.75, 3.05) is 11.1 Å². The number of rotatable bonds is 5. The third-order valence-corrected chi connectivity index (χ3v) is 4.81. The Labute approximate surface area is 149 Å². The van der Waals surface area contributed by atoms with Crippen LogP contribution in [0, 0.1) is 20.8 Å². The van der Waals surface area contributed by atoms with Crippen molar-refractivity contribution in [3.8, 4) is 5.69 Å². The molecule has 2 aromatic heterocycles. The zero-order valence-electron chi connectivity index (χ0n) is 14.5. The number of nitrogens with one attached hydrogen (secondary N) is 1. The number of thioether (sulfide) groups is 1. The lowest BCUT2D eigenvalue weighted by Gasteiger charge is -2.08. The summed E-state index contributed by atoms with van der Waals surface area (Å²) in [5.41, 5.74) is 4.42. The molecule has 0 radical (unpaired) electrons. The number of carbonyl (C=O) groups excluding carboxylic acids is 1. The number of aromatic nitrogens is 6. The standard InChI is InChI=1S/C16H19N7OS/c1-10-7-5-6-8-13(10)23-16(18-20-21-23)25-9-14(24)17-15-11(2)19-22(4)12(15)3/h5-8H,9H2,1-4H3,(H,17,24). The molecule has 1 amide bonds. The van der Waals surface area contributed by atoms with Gasteiger partial charge in [0.15, 0.2) is 0 Å². The molecule has 0 bridgehead atoms. The molecule has 0 aliphatic rings. The summed E-state index contributed by atoms with van der Waals surface area (Å²) in [5.74, 6) is 0.0866. The first-order valence-electron chi connectivity index (χ1n) is 7.74. The lowest BCUT2D eigenvalue weighted by atomic mass is 10.2. The highest BCUT2D eigenvalue weighted by molar-refractivity contribution is 7.99. The number of carbonyl (C=O) groups is 1. The zero-order valence-corrected chi connectivity index (χ0v) is 15.3. The van der Waals surface area contributed by atoms with Gasteiger partial charge in [-0.25, -0.2) is 0 Å². The lowest BCUT2D eigenvalue weighted by molar-refractivity contribution is -0.113. The number of nitrogens with zero attached hydrogens (tertiary/aromatic N) is 6. The number of aryl methyl sites for hydroxylation is 3. The largest absolute Gasteiger partial charge is 0.322 e. The summed E-state index contributed by atoms with van der Waals surface area (Å²) >= 11 is 1.29. The van der Waals surface area contributed by atoms with Crippen molar-refractivity contribution in [1.82, 2.24) is 30.0 Å². The van der Waals surface area contributed by atoms with Crippen LogP contribution in [0.5, 0.6) is 0 Å². The molecule has 3 aromatic rings. The maximum Gasteiger partial charge on any atom is 0.234 e. The molecule has 0 unspecified atom stereocenters. The fourth-order valence-corrected chi connectivity index (χ4v) is 3.17. The molecule has 2 heterocycles. The highest BCUT2D eigenvalue weighted by atomic mass is 32.2. The van der Waals surface area contributed by atoms with Gasteiger partial charge in [-0.2, -0.15) is 9.78 Å². The summed E-state index contributed by atoms with van der Waals surface area (Å²) in [6, 6.07) is 7.82. The molecule has 9 heteroatoms. The fourth-order valence-electron chi connectivity index (χ4n) is 2.48. The number of hydrogen-bond acceptors (Lipinski definition) is 6. The van der Waals surface area contributed by atoms with Gasteiger partial charge in [-0.3, -0.25) is 9.48 Å². The first kappa shape index (κ1) is 17.2. The van der Waals surface area contributed by atoms with Crippen LogP contribution in [0.2, 0.25) is 0 Å². The smallest absolute Gasteiger partial charge is 0.234 e. The van der Waals surface area contributed by atoms with Gasteiger partial charge in [-0.1, -0.05) is 30.0 Å². The van der Waals surface area contributed by atoms with Crippen molar-refractivity contribution in [3.63, 3.8) is 0 Å². The average Bonchev–Trinajstić information content (AvgIpc) is 3.14. The predicted molar refractivity (Wildman–Crippen MR) is 95.9 cm³/mol. The number of anilines is 1. The van der Waals surface area contributed by atoms with Crippen molar-refractivity contribution in [2.24, 2.45) is 7.05 Å². The van der Waals surface area contributed by atoms with E-state index in [9.17, 15) is 4.79 Å². The van der Waals surface area contributed by atoms with E-state index in [0.29, 0.717) is 5.16 Å². The predicted octanol–water partition coefficient (Wildman–Crippen LogP) is 2.05. The Morgan fingerprint density at radius 3 is 2.68 bits per heavy atom. The Bertz CT molecular complexity index is 915. The van der Waals surface area contributed by atoms with Crippen LogP contribution in [-0.2, 0) is 11.8 Å². The van der Waals surface area contributed by atoms with E-state index in [-0.39, 0.29) is 11.7 Å². The summed E-state index contributed by atoms with van der Waals surface area (Å²) in [6.07, 6.45) is 0. The molecule has 1 N–H and O–H groups in total. The highest BCUT2D eigenvalue weighted by Crippen LogP contribution is 2.22. The number of para-hydroxylation sites is 1. The molecule has 0 fully saturated rings. The van der Waals surface area contributed by atoms with Gasteiger partial charge in [0.2, 0.25) is 11.1 Å². The van der Waals surface area contributed by atoms with Gasteiger partial charge in [0.05, 0.1) is 28.5 Å². The molecule has 0 aliphatic heterocycles. The minimum absolute atomic E-state index is 0.122. The third kappa shape index (κ3) is 3.55. The van der Waals surface area contributed by atoms with Gasteiger partial charge < -0.3 is 5.32 Å². The summed E-state index contributed by atoms with van der Waals surface area (Å²) in [7, 11) is 1.85. The molecule has 0 saturated heterocycles. The van der Waals surface area contributed by atoms with Crippen molar-refractivity contribution < 1.29 is 4.79 Å². The number of tetrazole rings is 1. The normalized spacial score (nSPS) is 10.9. The number of benzene rings is 1. The van der Waals surface area contributed by atoms with E-state index in [0.717, 1.165) is 28.3 Å². The van der Waals surface area contributed by atoms with E-state index >= 15 is 0 Å². The Kier molecular flexibility index (Phi) is 4.84. The van der Waals surface area contributed by atoms with E-state index in [1.54, 1.807) is 9.36 Å². The van der Waals surface area contributed by atoms with Gasteiger partial charge in [0.1, 0.15) is 0 Å². The van der Waals surface area contributed by atoms with E-state index in [2.05, 4.69) is 25.9 Å². The van der Waals surface area contributed by atoms with E-state index in [4.69, 9.17) is 0 Å². The molecule has 8 nitrogen and oxygen atoms in total. The Hall–Kier alpha value is -2.68. The van der Waals surface area contributed by atoms with Crippen LogP contribution in [0.25, 0.3) is 5.69 Å². The van der Waals surface area contributed by atoms with Crippen molar-refractivity contribution >= 4 is 23.4 Å². The molecule has 130 valence electrons. The second-order valence-corrected chi connectivity index (χ2v) is 6.61. The van der Waals surface area contributed by atoms with E-state index in [1.165, 1.54) is 11.8 Å². The van der Waals surface area contributed by atoms with Gasteiger partial charge in [-0.15, -0.1) is 5.10 Å². The average molecular weight is 357 g/mol. The van der Waals surface area contributed by atoms with Crippen molar-refractivity contribution in [2.45, 2.75) is 25.9 Å². The Balaban J connectivity index is 1.70. The van der Waals surface area contributed by atoms with Crippen LogP contribution < -0.4 is 5.32 Å². The van der Waals surface area contributed by atoms with Crippen LogP contribution in [0.3, 0.4) is 0 Å². The third-order valence-electron chi connectivity index (χ3n) is 3.89. The fraction of sp³-hybridized carbons (Fsp3) is 0.312. The van der Waals surface area contributed by atoms with Crippen LogP contribution in [0.4, 0.5) is 5.69 Å². The molecule has 3 rings (SSSR count). The minimum Gasteiger partial charge on any atom is -0.322 e. The molecular formula is C16H19N7OS. The first-order valence-corrected chi connectivity index (χ1v) is 8.73. The minimum atomic E-state index is -0.122. The topological polar surface area (TPSA) is 90.5 Å². The van der Waals surface area contributed by atoms with Crippen LogP contribution in [-0.4, -0.2) is 41.6 Å². The van der Waals surface area contributed by atoms with Crippen molar-refractivity contribution in [3.05, 3.63) is 41.2 Å². The van der Waals surface area contributed by atoms with Crippen LogP contribution in [0.1, 0.15) is 17.0 Å². The van der Waals surface area contributed by atoms with Crippen molar-refractivity contribution in [1.29, 1.82) is 0 Å². The van der Waals surface area contributed by atoms with Gasteiger partial charge in [0.25, 0.3) is 0 Å². The summed E-state index contributed by atoms with van der Waals surface area (Å²) in [4.78, 5) is 12.3. The molecule has 1 aromatic carbocycles. The van der Waals surface area contributed by atoms with Gasteiger partial charge in [-0.05, 0) is 42.8 Å². The summed E-state index contributed by atoms with van der Waals surface area (Å²) in [5, 5.41) is 19.6. The second-order valence-electron chi connectivity index (χ2n) is 5.67. The molecule has 0 atom stereocenters. The van der Waals surface area contributed by atoms with Crippen LogP contribution >= 0.6 is 11.8 Å². The lowest BCUT2D eigenvalue weighted by Crippen LogP contribution is -2.15. The maximum absolute atomic E-state index is 12.3. The van der Waals surface area contributed by atoms with Crippen LogP contribution in [0.15, 0.2) is 29.4 Å². The molecule has 0 saturated carbocycles. The molecular weight excluding hydrogens is 338 g/mol. The second kappa shape index (κ2) is 7.06. The Morgan fingerprint density at radius 2 is 2.00 bits per heavy atom. The summed E-state index contributed by atoms with van der Waals surface area (Å²) < 4.78 is 3.39. The quantitative estimate of drug-likeness (QED) is 0.703. The molecule has 0 aliphatic carbocycles. The zero-order chi connectivity index (χ0) is 18.0. The highest BCUT2D eigenvalue weighted by Gasteiger charge is 2.15. The van der Waals surface area contributed by atoms with E-state index < -0.39 is 0 Å². The SMILES string of the molecule is Cc1ccccc1-n1nnnc1SCC(=O)Nc1c(C)nn(C)c1C. The maximum atomic E-state index is 12.3.